The minimum atomic E-state index is -0.855. The first-order valence-electron chi connectivity index (χ1n) is 9.61. The van der Waals surface area contributed by atoms with Gasteiger partial charge in [-0.05, 0) is 55.7 Å². The maximum absolute atomic E-state index is 11.3. The molecule has 1 fully saturated rings. The molecular formula is C22H26BrNO5S. The fourth-order valence-corrected chi connectivity index (χ4v) is 5.02. The van der Waals surface area contributed by atoms with Crippen LogP contribution in [0.25, 0.3) is 0 Å². The molecule has 2 unspecified atom stereocenters. The van der Waals surface area contributed by atoms with Crippen molar-refractivity contribution in [2.75, 3.05) is 26.1 Å². The van der Waals surface area contributed by atoms with Crippen molar-refractivity contribution in [2.24, 2.45) is 0 Å². The van der Waals surface area contributed by atoms with Crippen LogP contribution in [-0.2, 0) is 4.79 Å². The average molecular weight is 496 g/mol. The van der Waals surface area contributed by atoms with Crippen molar-refractivity contribution in [1.29, 1.82) is 0 Å². The summed E-state index contributed by atoms with van der Waals surface area (Å²) < 4.78 is 18.4. The number of nitrogens with one attached hydrogen (secondary N) is 1. The number of ether oxygens (including phenoxy) is 3. The third-order valence-corrected chi connectivity index (χ3v) is 6.69. The Morgan fingerprint density at radius 1 is 1.17 bits per heavy atom. The second kappa shape index (κ2) is 9.94. The molecule has 3 rings (SSSR count). The van der Waals surface area contributed by atoms with Crippen molar-refractivity contribution < 1.29 is 24.1 Å². The number of methoxy groups -OCH3 is 1. The summed E-state index contributed by atoms with van der Waals surface area (Å²) in [6.45, 7) is 6.87. The molecule has 0 aliphatic carbocycles. The van der Waals surface area contributed by atoms with E-state index in [1.165, 1.54) is 17.3 Å². The molecule has 0 amide bonds. The molecule has 0 spiro atoms. The van der Waals surface area contributed by atoms with Gasteiger partial charge in [0.05, 0.1) is 12.5 Å². The van der Waals surface area contributed by atoms with Crippen molar-refractivity contribution >= 4 is 33.7 Å². The molecule has 1 aliphatic rings. The molecule has 8 heteroatoms. The molecule has 0 radical (unpaired) electrons. The smallest absolute Gasteiger partial charge is 0.321 e. The molecular weight excluding hydrogens is 470 g/mol. The number of benzene rings is 2. The highest BCUT2D eigenvalue weighted by Gasteiger charge is 2.33. The molecule has 2 aromatic rings. The zero-order valence-corrected chi connectivity index (χ0v) is 19.9. The molecule has 2 atom stereocenters. The van der Waals surface area contributed by atoms with E-state index in [4.69, 9.17) is 14.2 Å². The van der Waals surface area contributed by atoms with Gasteiger partial charge in [0.2, 0.25) is 0 Å². The average Bonchev–Trinajstić information content (AvgIpc) is 3.19. The molecule has 0 bridgehead atoms. The van der Waals surface area contributed by atoms with Crippen LogP contribution in [0.5, 0.6) is 17.2 Å². The van der Waals surface area contributed by atoms with Gasteiger partial charge in [-0.2, -0.15) is 0 Å². The van der Waals surface area contributed by atoms with Gasteiger partial charge in [-0.25, -0.2) is 0 Å². The number of hydrogen-bond acceptors (Lipinski definition) is 6. The highest BCUT2D eigenvalue weighted by molar-refractivity contribution is 9.10. The summed E-state index contributed by atoms with van der Waals surface area (Å²) in [4.78, 5) is 11.3. The van der Waals surface area contributed by atoms with Gasteiger partial charge in [-0.1, -0.05) is 22.0 Å². The highest BCUT2D eigenvalue weighted by atomic mass is 79.9. The summed E-state index contributed by atoms with van der Waals surface area (Å²) in [5.74, 6) is 1.67. The minimum absolute atomic E-state index is 0.199. The first-order valence-corrected chi connectivity index (χ1v) is 11.5. The number of aryl methyl sites for hydroxylation is 2. The van der Waals surface area contributed by atoms with Gasteiger partial charge in [0.15, 0.2) is 11.5 Å². The number of thioether (sulfide) groups is 1. The van der Waals surface area contributed by atoms with Gasteiger partial charge in [0, 0.05) is 15.8 Å². The SMILES string of the molecule is COc1cc(Br)cc(C2NC(C(=O)O)CS2)c1OCCOc1cc(C)cc(C)c1C. The lowest BCUT2D eigenvalue weighted by Gasteiger charge is -2.20. The standard InChI is InChI=1S/C22H26BrNO5S/c1-12-7-13(2)14(3)18(8-12)28-5-6-29-20-16(9-15(23)10-19(20)27-4)21-24-17(11-30-21)22(25)26/h7-10,17,21,24H,5-6,11H2,1-4H3,(H,25,26). The number of halogens is 1. The van der Waals surface area contributed by atoms with Gasteiger partial charge in [0.25, 0.3) is 0 Å². The summed E-state index contributed by atoms with van der Waals surface area (Å²) in [5.41, 5.74) is 4.31. The van der Waals surface area contributed by atoms with E-state index in [-0.39, 0.29) is 5.37 Å². The molecule has 2 aromatic carbocycles. The van der Waals surface area contributed by atoms with Gasteiger partial charge >= 0.3 is 5.97 Å². The summed E-state index contributed by atoms with van der Waals surface area (Å²) in [6.07, 6.45) is 0. The molecule has 1 aliphatic heterocycles. The van der Waals surface area contributed by atoms with Gasteiger partial charge in [-0.3, -0.25) is 10.1 Å². The van der Waals surface area contributed by atoms with Crippen LogP contribution in [0, 0.1) is 20.8 Å². The van der Waals surface area contributed by atoms with Crippen LogP contribution in [0.2, 0.25) is 0 Å². The van der Waals surface area contributed by atoms with Crippen LogP contribution in [0.1, 0.15) is 27.6 Å². The number of carboxylic acids is 1. The summed E-state index contributed by atoms with van der Waals surface area (Å²) in [7, 11) is 1.59. The van der Waals surface area contributed by atoms with E-state index in [1.807, 2.05) is 32.0 Å². The van der Waals surface area contributed by atoms with Crippen LogP contribution in [0.3, 0.4) is 0 Å². The lowest BCUT2D eigenvalue weighted by atomic mass is 10.1. The molecule has 162 valence electrons. The predicted octanol–water partition coefficient (Wildman–Crippen LogP) is 4.63. The fourth-order valence-electron chi connectivity index (χ4n) is 3.33. The second-order valence-electron chi connectivity index (χ2n) is 7.20. The topological polar surface area (TPSA) is 77.0 Å². The monoisotopic (exact) mass is 495 g/mol. The highest BCUT2D eigenvalue weighted by Crippen LogP contribution is 2.44. The quantitative estimate of drug-likeness (QED) is 0.516. The summed E-state index contributed by atoms with van der Waals surface area (Å²) in [5, 5.41) is 12.2. The lowest BCUT2D eigenvalue weighted by Crippen LogP contribution is -2.33. The fraction of sp³-hybridized carbons (Fsp3) is 0.409. The van der Waals surface area contributed by atoms with Crippen LogP contribution >= 0.6 is 27.7 Å². The molecule has 1 saturated heterocycles. The zero-order chi connectivity index (χ0) is 21.8. The van der Waals surface area contributed by atoms with Crippen molar-refractivity contribution in [3.05, 3.63) is 51.0 Å². The second-order valence-corrected chi connectivity index (χ2v) is 9.25. The number of rotatable bonds is 8. The number of hydrogen-bond donors (Lipinski definition) is 2. The maximum Gasteiger partial charge on any atom is 0.321 e. The lowest BCUT2D eigenvalue weighted by molar-refractivity contribution is -0.138. The first kappa shape index (κ1) is 22.8. The molecule has 1 heterocycles. The molecule has 6 nitrogen and oxygen atoms in total. The van der Waals surface area contributed by atoms with Crippen molar-refractivity contribution in [3.8, 4) is 17.2 Å². The number of carbonyl (C=O) groups is 1. The third kappa shape index (κ3) is 5.22. The maximum atomic E-state index is 11.3. The Kier molecular flexibility index (Phi) is 7.55. The summed E-state index contributed by atoms with van der Waals surface area (Å²) in [6, 6.07) is 7.34. The molecule has 0 aromatic heterocycles. The minimum Gasteiger partial charge on any atom is -0.493 e. The summed E-state index contributed by atoms with van der Waals surface area (Å²) >= 11 is 5.04. The van der Waals surface area contributed by atoms with Crippen molar-refractivity contribution in [2.45, 2.75) is 32.2 Å². The van der Waals surface area contributed by atoms with E-state index in [1.54, 1.807) is 7.11 Å². The molecule has 0 saturated carbocycles. The number of aliphatic carboxylic acids is 1. The van der Waals surface area contributed by atoms with Crippen molar-refractivity contribution in [3.63, 3.8) is 0 Å². The molecule has 2 N–H and O–H groups in total. The van der Waals surface area contributed by atoms with E-state index in [9.17, 15) is 9.90 Å². The van der Waals surface area contributed by atoms with E-state index >= 15 is 0 Å². The van der Waals surface area contributed by atoms with Gasteiger partial charge in [0.1, 0.15) is 25.0 Å². The Balaban J connectivity index is 1.73. The number of carboxylic acid groups (broad SMARTS) is 1. The Bertz CT molecular complexity index is 936. The van der Waals surface area contributed by atoms with E-state index in [2.05, 4.69) is 34.2 Å². The Morgan fingerprint density at radius 3 is 2.57 bits per heavy atom. The zero-order valence-electron chi connectivity index (χ0n) is 17.5. The first-order chi connectivity index (χ1) is 14.3. The van der Waals surface area contributed by atoms with Gasteiger partial charge < -0.3 is 19.3 Å². The van der Waals surface area contributed by atoms with Crippen LogP contribution in [0.4, 0.5) is 0 Å². The molecule has 30 heavy (non-hydrogen) atoms. The van der Waals surface area contributed by atoms with E-state index < -0.39 is 12.0 Å². The van der Waals surface area contributed by atoms with Crippen molar-refractivity contribution in [1.82, 2.24) is 5.32 Å². The van der Waals surface area contributed by atoms with E-state index in [0.29, 0.717) is 30.5 Å². The van der Waals surface area contributed by atoms with Crippen LogP contribution in [0.15, 0.2) is 28.7 Å². The Hall–Kier alpha value is -1.90. The van der Waals surface area contributed by atoms with Crippen LogP contribution in [-0.4, -0.2) is 43.2 Å². The Morgan fingerprint density at radius 2 is 1.90 bits per heavy atom. The van der Waals surface area contributed by atoms with E-state index in [0.717, 1.165) is 26.9 Å². The normalized spacial score (nSPS) is 18.3. The Labute approximate surface area is 189 Å². The van der Waals surface area contributed by atoms with Crippen LogP contribution < -0.4 is 19.5 Å². The third-order valence-electron chi connectivity index (χ3n) is 4.98. The predicted molar refractivity (Wildman–Crippen MR) is 122 cm³/mol. The largest absolute Gasteiger partial charge is 0.493 e. The van der Waals surface area contributed by atoms with Gasteiger partial charge in [-0.15, -0.1) is 11.8 Å².